The lowest BCUT2D eigenvalue weighted by atomic mass is 10.2. The van der Waals surface area contributed by atoms with Gasteiger partial charge in [0.05, 0.1) is 0 Å². The summed E-state index contributed by atoms with van der Waals surface area (Å²) in [5.74, 6) is 1.55. The lowest BCUT2D eigenvalue weighted by Gasteiger charge is -2.29. The summed E-state index contributed by atoms with van der Waals surface area (Å²) in [5.41, 5.74) is 1.13. The summed E-state index contributed by atoms with van der Waals surface area (Å²) in [6.07, 6.45) is 0. The number of hydrogen-bond acceptors (Lipinski definition) is 1. The van der Waals surface area contributed by atoms with Crippen LogP contribution in [0, 0.1) is 0 Å². The molecule has 0 bridgehead atoms. The van der Waals surface area contributed by atoms with Crippen molar-refractivity contribution in [2.45, 2.75) is 44.8 Å². The third-order valence-electron chi connectivity index (χ3n) is 3.32. The van der Waals surface area contributed by atoms with E-state index < -0.39 is 8.32 Å². The molecule has 16 heavy (non-hydrogen) atoms. The first-order valence-corrected chi connectivity index (χ1v) is 9.10. The number of hydrogen-bond donors (Lipinski definition) is 0. The van der Waals surface area contributed by atoms with Crippen molar-refractivity contribution in [2.75, 3.05) is 0 Å². The maximum Gasteiger partial charge on any atom is 0.250 e. The van der Waals surface area contributed by atoms with Gasteiger partial charge in [0, 0.05) is 5.88 Å². The molecule has 0 spiro atoms. The first kappa shape index (κ1) is 13.6. The molecule has 0 saturated heterocycles. The zero-order valence-electron chi connectivity index (χ0n) is 10.4. The molecule has 1 aromatic carbocycles. The Hall–Kier alpha value is -0.473. The van der Waals surface area contributed by atoms with Crippen molar-refractivity contribution in [1.29, 1.82) is 0 Å². The van der Waals surface area contributed by atoms with Crippen molar-refractivity contribution in [2.24, 2.45) is 0 Å². The molecular weight excluding hydrogens is 236 g/mol. The van der Waals surface area contributed by atoms with Crippen LogP contribution in [0.25, 0.3) is 0 Å². The summed E-state index contributed by atoms with van der Waals surface area (Å²) >= 11 is 5.83. The highest BCUT2D eigenvalue weighted by Crippen LogP contribution is 2.26. The van der Waals surface area contributed by atoms with Crippen molar-refractivity contribution >= 4 is 19.9 Å². The summed E-state index contributed by atoms with van der Waals surface area (Å²) in [5, 5.41) is 0. The van der Waals surface area contributed by atoms with Gasteiger partial charge in [-0.2, -0.15) is 0 Å². The second kappa shape index (κ2) is 6.31. The molecule has 0 fully saturated rings. The van der Waals surface area contributed by atoms with E-state index in [9.17, 15) is 0 Å². The van der Waals surface area contributed by atoms with Crippen LogP contribution < -0.4 is 4.43 Å². The molecule has 3 heteroatoms. The van der Waals surface area contributed by atoms with Gasteiger partial charge in [0.25, 0.3) is 0 Å². The van der Waals surface area contributed by atoms with Crippen molar-refractivity contribution in [3.05, 3.63) is 29.8 Å². The monoisotopic (exact) mass is 256 g/mol. The summed E-state index contributed by atoms with van der Waals surface area (Å²) in [4.78, 5) is 0. The first-order chi connectivity index (χ1) is 7.69. The Morgan fingerprint density at radius 2 is 1.75 bits per heavy atom. The molecule has 0 aliphatic rings. The van der Waals surface area contributed by atoms with Gasteiger partial charge in [-0.3, -0.25) is 0 Å². The zero-order valence-corrected chi connectivity index (χ0v) is 12.2. The molecule has 0 heterocycles. The lowest BCUT2D eigenvalue weighted by Crippen LogP contribution is -2.39. The minimum absolute atomic E-state index is 0.552. The Balaban J connectivity index is 2.84. The molecule has 1 nitrogen and oxygen atoms in total. The highest BCUT2D eigenvalue weighted by molar-refractivity contribution is 6.74. The van der Waals surface area contributed by atoms with E-state index in [2.05, 4.69) is 26.8 Å². The molecule has 1 rings (SSSR count). The van der Waals surface area contributed by atoms with Crippen LogP contribution in [0.15, 0.2) is 24.3 Å². The fourth-order valence-electron chi connectivity index (χ4n) is 1.91. The Morgan fingerprint density at radius 1 is 1.12 bits per heavy atom. The highest BCUT2D eigenvalue weighted by Gasteiger charge is 2.30. The van der Waals surface area contributed by atoms with Gasteiger partial charge in [-0.1, -0.05) is 32.9 Å². The van der Waals surface area contributed by atoms with Gasteiger partial charge in [0.2, 0.25) is 8.32 Å². The van der Waals surface area contributed by atoms with Crippen LogP contribution in [0.4, 0.5) is 0 Å². The number of benzene rings is 1. The second-order valence-electron chi connectivity index (χ2n) is 4.13. The van der Waals surface area contributed by atoms with Gasteiger partial charge >= 0.3 is 0 Å². The van der Waals surface area contributed by atoms with Crippen LogP contribution >= 0.6 is 11.6 Å². The van der Waals surface area contributed by atoms with Crippen molar-refractivity contribution in [1.82, 2.24) is 0 Å². The van der Waals surface area contributed by atoms with Gasteiger partial charge in [0.1, 0.15) is 5.75 Å². The fourth-order valence-corrected chi connectivity index (χ4v) is 4.63. The maximum atomic E-state index is 6.27. The molecule has 0 saturated carbocycles. The summed E-state index contributed by atoms with van der Waals surface area (Å²) in [7, 11) is -1.54. The van der Waals surface area contributed by atoms with E-state index in [0.717, 1.165) is 11.3 Å². The van der Waals surface area contributed by atoms with Gasteiger partial charge in [-0.05, 0) is 35.8 Å². The molecule has 0 radical (unpaired) electrons. The normalized spacial score (nSPS) is 11.5. The van der Waals surface area contributed by atoms with E-state index >= 15 is 0 Å². The first-order valence-electron chi connectivity index (χ1n) is 6.03. The third kappa shape index (κ3) is 3.26. The zero-order chi connectivity index (χ0) is 12.0. The van der Waals surface area contributed by atoms with E-state index in [1.807, 2.05) is 18.2 Å². The topological polar surface area (TPSA) is 9.23 Å². The molecule has 0 amide bonds. The van der Waals surface area contributed by atoms with E-state index in [1.54, 1.807) is 0 Å². The summed E-state index contributed by atoms with van der Waals surface area (Å²) < 4.78 is 6.27. The molecule has 0 aliphatic carbocycles. The van der Waals surface area contributed by atoms with Crippen LogP contribution in [-0.2, 0) is 5.88 Å². The molecule has 1 aromatic rings. The largest absolute Gasteiger partial charge is 0.543 e. The Bertz CT molecular complexity index is 315. The summed E-state index contributed by atoms with van der Waals surface area (Å²) in [6.45, 7) is 6.72. The van der Waals surface area contributed by atoms with Crippen LogP contribution in [-0.4, -0.2) is 8.32 Å². The minimum atomic E-state index is -1.54. The third-order valence-corrected chi connectivity index (χ3v) is 8.16. The van der Waals surface area contributed by atoms with Crippen molar-refractivity contribution in [3.63, 3.8) is 0 Å². The van der Waals surface area contributed by atoms with Crippen LogP contribution in [0.5, 0.6) is 5.75 Å². The van der Waals surface area contributed by atoms with Crippen molar-refractivity contribution in [3.8, 4) is 5.75 Å². The number of alkyl halides is 1. The highest BCUT2D eigenvalue weighted by atomic mass is 35.5. The number of rotatable bonds is 6. The van der Waals surface area contributed by atoms with E-state index in [0.29, 0.717) is 5.88 Å². The predicted molar refractivity (Wildman–Crippen MR) is 73.8 cm³/mol. The minimum Gasteiger partial charge on any atom is -0.543 e. The SMILES string of the molecule is CC[Si](CC)(CC)Oc1cccc(CCl)c1. The van der Waals surface area contributed by atoms with Crippen LogP contribution in [0.1, 0.15) is 26.3 Å². The molecule has 90 valence electrons. The van der Waals surface area contributed by atoms with E-state index in [1.165, 1.54) is 18.1 Å². The second-order valence-corrected chi connectivity index (χ2v) is 9.09. The summed E-state index contributed by atoms with van der Waals surface area (Å²) in [6, 6.07) is 11.7. The number of halogens is 1. The molecular formula is C13H21ClOSi. The lowest BCUT2D eigenvalue weighted by molar-refractivity contribution is 0.531. The molecule has 0 N–H and O–H groups in total. The Labute approximate surface area is 105 Å². The smallest absolute Gasteiger partial charge is 0.250 e. The predicted octanol–water partition coefficient (Wildman–Crippen LogP) is 4.81. The quantitative estimate of drug-likeness (QED) is 0.524. The molecule has 0 aromatic heterocycles. The van der Waals surface area contributed by atoms with Crippen LogP contribution in [0.3, 0.4) is 0 Å². The van der Waals surface area contributed by atoms with Gasteiger partial charge in [0.15, 0.2) is 0 Å². The maximum absolute atomic E-state index is 6.27. The standard InChI is InChI=1S/C13H21ClOSi/c1-4-16(5-2,6-3)15-13-9-7-8-12(10-13)11-14/h7-10H,4-6,11H2,1-3H3. The fraction of sp³-hybridized carbons (Fsp3) is 0.538. The average Bonchev–Trinajstić information content (AvgIpc) is 2.36. The van der Waals surface area contributed by atoms with E-state index in [4.69, 9.17) is 16.0 Å². The van der Waals surface area contributed by atoms with Crippen LogP contribution in [0.2, 0.25) is 18.1 Å². The van der Waals surface area contributed by atoms with E-state index in [-0.39, 0.29) is 0 Å². The molecule has 0 unspecified atom stereocenters. The Morgan fingerprint density at radius 3 is 2.25 bits per heavy atom. The molecule has 0 atom stereocenters. The van der Waals surface area contributed by atoms with Crippen molar-refractivity contribution < 1.29 is 4.43 Å². The van der Waals surface area contributed by atoms with Gasteiger partial charge < -0.3 is 4.43 Å². The Kier molecular flexibility index (Phi) is 5.36. The average molecular weight is 257 g/mol. The van der Waals surface area contributed by atoms with Gasteiger partial charge in [-0.25, -0.2) is 0 Å². The van der Waals surface area contributed by atoms with Gasteiger partial charge in [-0.15, -0.1) is 11.6 Å². The molecule has 0 aliphatic heterocycles.